The van der Waals surface area contributed by atoms with Crippen molar-refractivity contribution in [1.82, 2.24) is 15.0 Å². The third-order valence-corrected chi connectivity index (χ3v) is 2.15. The van der Waals surface area contributed by atoms with Gasteiger partial charge in [0, 0.05) is 13.7 Å². The van der Waals surface area contributed by atoms with E-state index >= 15 is 0 Å². The van der Waals surface area contributed by atoms with Crippen LogP contribution < -0.4 is 10.1 Å². The fourth-order valence-corrected chi connectivity index (χ4v) is 1.30. The standard InChI is InChI=1S/C11H19ClN4O3/c1-3-5-19-11-15-9(12)14-10(16-11)13-4-6-18-8-7-17-2/h3-8H2,1-2H3,(H,13,14,15,16). The lowest BCUT2D eigenvalue weighted by molar-refractivity contribution is 0.0758. The quantitative estimate of drug-likeness (QED) is 0.652. The first-order chi connectivity index (χ1) is 9.26. The van der Waals surface area contributed by atoms with Gasteiger partial charge in [-0.25, -0.2) is 0 Å². The molecular formula is C11H19ClN4O3. The zero-order chi connectivity index (χ0) is 13.9. The van der Waals surface area contributed by atoms with E-state index in [1.54, 1.807) is 7.11 Å². The minimum absolute atomic E-state index is 0.101. The lowest BCUT2D eigenvalue weighted by atomic mass is 10.5. The van der Waals surface area contributed by atoms with Crippen LogP contribution in [-0.2, 0) is 9.47 Å². The number of halogens is 1. The summed E-state index contributed by atoms with van der Waals surface area (Å²) in [6.07, 6.45) is 0.874. The highest BCUT2D eigenvalue weighted by Crippen LogP contribution is 2.11. The molecule has 7 nitrogen and oxygen atoms in total. The third kappa shape index (κ3) is 7.09. The molecule has 1 rings (SSSR count). The molecule has 1 heterocycles. The normalized spacial score (nSPS) is 10.5. The van der Waals surface area contributed by atoms with Gasteiger partial charge in [-0.05, 0) is 18.0 Å². The number of aromatic nitrogens is 3. The number of methoxy groups -OCH3 is 1. The Bertz CT molecular complexity index is 368. The van der Waals surface area contributed by atoms with E-state index in [4.69, 9.17) is 25.8 Å². The molecule has 0 atom stereocenters. The summed E-state index contributed by atoms with van der Waals surface area (Å²) in [5.74, 6) is 0.376. The van der Waals surface area contributed by atoms with E-state index in [1.807, 2.05) is 6.92 Å². The van der Waals surface area contributed by atoms with Crippen LogP contribution in [0.5, 0.6) is 6.01 Å². The highest BCUT2D eigenvalue weighted by molar-refractivity contribution is 6.28. The number of ether oxygens (including phenoxy) is 3. The molecule has 0 aliphatic rings. The van der Waals surface area contributed by atoms with Crippen molar-refractivity contribution in [3.8, 4) is 6.01 Å². The van der Waals surface area contributed by atoms with Crippen LogP contribution in [0.15, 0.2) is 0 Å². The smallest absolute Gasteiger partial charge is 0.322 e. The summed E-state index contributed by atoms with van der Waals surface area (Å²) in [5, 5.41) is 3.09. The van der Waals surface area contributed by atoms with Crippen LogP contribution in [0.1, 0.15) is 13.3 Å². The summed E-state index contributed by atoms with van der Waals surface area (Å²) in [7, 11) is 1.63. The molecule has 0 amide bonds. The lowest BCUT2D eigenvalue weighted by Crippen LogP contribution is -2.14. The molecule has 19 heavy (non-hydrogen) atoms. The molecule has 1 aromatic heterocycles. The van der Waals surface area contributed by atoms with Crippen LogP contribution in [0, 0.1) is 0 Å². The van der Waals surface area contributed by atoms with Crippen LogP contribution >= 0.6 is 11.6 Å². The molecule has 1 aromatic rings. The Morgan fingerprint density at radius 1 is 1.11 bits per heavy atom. The van der Waals surface area contributed by atoms with Gasteiger partial charge in [-0.15, -0.1) is 0 Å². The van der Waals surface area contributed by atoms with Gasteiger partial charge < -0.3 is 19.5 Å². The molecule has 0 unspecified atom stereocenters. The summed E-state index contributed by atoms with van der Waals surface area (Å²) >= 11 is 5.78. The minimum Gasteiger partial charge on any atom is -0.463 e. The first-order valence-electron chi connectivity index (χ1n) is 6.11. The fourth-order valence-electron chi connectivity index (χ4n) is 1.15. The topological polar surface area (TPSA) is 78.4 Å². The molecule has 0 aliphatic carbocycles. The van der Waals surface area contributed by atoms with Crippen LogP contribution in [0.4, 0.5) is 5.95 Å². The van der Waals surface area contributed by atoms with E-state index < -0.39 is 0 Å². The van der Waals surface area contributed by atoms with Crippen molar-refractivity contribution < 1.29 is 14.2 Å². The van der Waals surface area contributed by atoms with Crippen molar-refractivity contribution in [3.63, 3.8) is 0 Å². The van der Waals surface area contributed by atoms with Crippen LogP contribution in [0.25, 0.3) is 0 Å². The Hall–Kier alpha value is -1.18. The molecule has 0 saturated heterocycles. The Morgan fingerprint density at radius 2 is 1.95 bits per heavy atom. The van der Waals surface area contributed by atoms with Gasteiger partial charge in [0.2, 0.25) is 11.2 Å². The monoisotopic (exact) mass is 290 g/mol. The Balaban J connectivity index is 2.34. The second kappa shape index (κ2) is 9.71. The summed E-state index contributed by atoms with van der Waals surface area (Å²) in [5.41, 5.74) is 0. The second-order valence-electron chi connectivity index (χ2n) is 3.59. The van der Waals surface area contributed by atoms with E-state index in [-0.39, 0.29) is 11.3 Å². The number of rotatable bonds is 10. The maximum atomic E-state index is 5.78. The van der Waals surface area contributed by atoms with Crippen LogP contribution in [0.2, 0.25) is 5.28 Å². The SMILES string of the molecule is CCCOc1nc(Cl)nc(NCCOCCOC)n1. The largest absolute Gasteiger partial charge is 0.463 e. The first-order valence-corrected chi connectivity index (χ1v) is 6.49. The Morgan fingerprint density at radius 3 is 2.68 bits per heavy atom. The maximum absolute atomic E-state index is 5.78. The summed E-state index contributed by atoms with van der Waals surface area (Å²) in [6, 6.07) is 0.227. The third-order valence-electron chi connectivity index (χ3n) is 1.98. The number of nitrogens with one attached hydrogen (secondary N) is 1. The number of hydrogen-bond acceptors (Lipinski definition) is 7. The van der Waals surface area contributed by atoms with Crippen molar-refractivity contribution in [1.29, 1.82) is 0 Å². The van der Waals surface area contributed by atoms with E-state index in [2.05, 4.69) is 20.3 Å². The average Bonchev–Trinajstić information content (AvgIpc) is 2.40. The van der Waals surface area contributed by atoms with Gasteiger partial charge in [-0.2, -0.15) is 15.0 Å². The maximum Gasteiger partial charge on any atom is 0.322 e. The molecule has 108 valence electrons. The second-order valence-corrected chi connectivity index (χ2v) is 3.93. The highest BCUT2D eigenvalue weighted by atomic mass is 35.5. The predicted octanol–water partition coefficient (Wildman–Crippen LogP) is 1.39. The van der Waals surface area contributed by atoms with Crippen LogP contribution in [-0.4, -0.2) is 55.0 Å². The van der Waals surface area contributed by atoms with Gasteiger partial charge in [0.15, 0.2) is 0 Å². The van der Waals surface area contributed by atoms with E-state index in [0.29, 0.717) is 38.9 Å². The Labute approximate surface area is 117 Å². The molecule has 0 aliphatic heterocycles. The van der Waals surface area contributed by atoms with Gasteiger partial charge in [0.25, 0.3) is 0 Å². The Kier molecular flexibility index (Phi) is 8.11. The summed E-state index contributed by atoms with van der Waals surface area (Å²) < 4.78 is 15.5. The minimum atomic E-state index is 0.101. The fraction of sp³-hybridized carbons (Fsp3) is 0.727. The van der Waals surface area contributed by atoms with E-state index in [0.717, 1.165) is 6.42 Å². The zero-order valence-electron chi connectivity index (χ0n) is 11.2. The number of hydrogen-bond donors (Lipinski definition) is 1. The van der Waals surface area contributed by atoms with Crippen LogP contribution in [0.3, 0.4) is 0 Å². The predicted molar refractivity (Wildman–Crippen MR) is 71.8 cm³/mol. The van der Waals surface area contributed by atoms with Gasteiger partial charge >= 0.3 is 6.01 Å². The molecule has 0 aromatic carbocycles. The molecule has 0 radical (unpaired) electrons. The lowest BCUT2D eigenvalue weighted by Gasteiger charge is -2.07. The van der Waals surface area contributed by atoms with Gasteiger partial charge in [0.1, 0.15) is 0 Å². The zero-order valence-corrected chi connectivity index (χ0v) is 11.9. The highest BCUT2D eigenvalue weighted by Gasteiger charge is 2.05. The van der Waals surface area contributed by atoms with Gasteiger partial charge in [0.05, 0.1) is 26.4 Å². The molecule has 0 fully saturated rings. The molecule has 0 bridgehead atoms. The summed E-state index contributed by atoms with van der Waals surface area (Å²) in [6.45, 7) is 4.77. The molecule has 0 spiro atoms. The van der Waals surface area contributed by atoms with Crippen molar-refractivity contribution >= 4 is 17.5 Å². The molecular weight excluding hydrogens is 272 g/mol. The number of nitrogens with zero attached hydrogens (tertiary/aromatic N) is 3. The van der Waals surface area contributed by atoms with Gasteiger partial charge in [-0.3, -0.25) is 0 Å². The van der Waals surface area contributed by atoms with E-state index in [9.17, 15) is 0 Å². The molecule has 0 saturated carbocycles. The summed E-state index contributed by atoms with van der Waals surface area (Å²) in [4.78, 5) is 11.9. The van der Waals surface area contributed by atoms with Gasteiger partial charge in [-0.1, -0.05) is 6.92 Å². The van der Waals surface area contributed by atoms with E-state index in [1.165, 1.54) is 0 Å². The van der Waals surface area contributed by atoms with Crippen molar-refractivity contribution in [3.05, 3.63) is 5.28 Å². The number of anilines is 1. The average molecular weight is 291 g/mol. The molecule has 8 heteroatoms. The van der Waals surface area contributed by atoms with Crippen molar-refractivity contribution in [2.45, 2.75) is 13.3 Å². The van der Waals surface area contributed by atoms with Crippen molar-refractivity contribution in [2.24, 2.45) is 0 Å². The molecule has 1 N–H and O–H groups in total. The van der Waals surface area contributed by atoms with Crippen molar-refractivity contribution in [2.75, 3.05) is 45.4 Å². The first kappa shape index (κ1) is 15.9.